The summed E-state index contributed by atoms with van der Waals surface area (Å²) in [7, 11) is 0. The maximum Gasteiger partial charge on any atom is 0.0166 e. The molecule has 1 N–H and O–H groups in total. The Morgan fingerprint density at radius 1 is 1.12 bits per heavy atom. The predicted molar refractivity (Wildman–Crippen MR) is 69.7 cm³/mol. The summed E-state index contributed by atoms with van der Waals surface area (Å²) in [6.07, 6.45) is 10.1. The predicted octanol–water partition coefficient (Wildman–Crippen LogP) is 2.64. The number of piperidine rings is 1. The molecule has 1 aliphatic heterocycles. The van der Waals surface area contributed by atoms with Gasteiger partial charge in [0.2, 0.25) is 0 Å². The molecule has 2 nitrogen and oxygen atoms in total. The van der Waals surface area contributed by atoms with E-state index in [1.54, 1.807) is 0 Å². The van der Waals surface area contributed by atoms with Crippen LogP contribution in [-0.4, -0.2) is 37.1 Å². The lowest BCUT2D eigenvalue weighted by Gasteiger charge is -2.30. The minimum absolute atomic E-state index is 0.679. The van der Waals surface area contributed by atoms with E-state index in [0.717, 1.165) is 5.92 Å². The van der Waals surface area contributed by atoms with E-state index in [2.05, 4.69) is 17.1 Å². The topological polar surface area (TPSA) is 15.3 Å². The van der Waals surface area contributed by atoms with Crippen LogP contribution in [0.2, 0.25) is 0 Å². The third-order valence-corrected chi connectivity index (χ3v) is 4.25. The zero-order valence-corrected chi connectivity index (χ0v) is 10.9. The van der Waals surface area contributed by atoms with Gasteiger partial charge < -0.3 is 10.2 Å². The first-order valence-corrected chi connectivity index (χ1v) is 7.30. The molecule has 94 valence electrons. The van der Waals surface area contributed by atoms with E-state index in [9.17, 15) is 0 Å². The van der Waals surface area contributed by atoms with Crippen LogP contribution in [-0.2, 0) is 0 Å². The summed E-state index contributed by atoms with van der Waals surface area (Å²) in [6.45, 7) is 7.49. The van der Waals surface area contributed by atoms with Gasteiger partial charge in [0.15, 0.2) is 0 Å². The van der Waals surface area contributed by atoms with E-state index in [4.69, 9.17) is 0 Å². The molecule has 0 amide bonds. The zero-order chi connectivity index (χ0) is 11.2. The number of nitrogens with one attached hydrogen (secondary N) is 1. The molecule has 2 aliphatic rings. The van der Waals surface area contributed by atoms with Crippen molar-refractivity contribution < 1.29 is 0 Å². The molecular weight excluding hydrogens is 196 g/mol. The van der Waals surface area contributed by atoms with Crippen molar-refractivity contribution in [2.75, 3.05) is 26.2 Å². The fraction of sp³-hybridized carbons (Fsp3) is 1.00. The molecule has 0 aromatic heterocycles. The minimum atomic E-state index is 0.679. The van der Waals surface area contributed by atoms with Crippen molar-refractivity contribution in [2.45, 2.75) is 57.9 Å². The van der Waals surface area contributed by atoms with Crippen LogP contribution in [0.1, 0.15) is 51.9 Å². The molecule has 0 aromatic carbocycles. The average molecular weight is 224 g/mol. The van der Waals surface area contributed by atoms with Gasteiger partial charge in [-0.15, -0.1) is 0 Å². The highest BCUT2D eigenvalue weighted by Gasteiger charge is 2.17. The van der Waals surface area contributed by atoms with Crippen LogP contribution >= 0.6 is 0 Å². The van der Waals surface area contributed by atoms with Gasteiger partial charge >= 0.3 is 0 Å². The molecule has 2 rings (SSSR count). The van der Waals surface area contributed by atoms with Crippen molar-refractivity contribution in [3.63, 3.8) is 0 Å². The van der Waals surface area contributed by atoms with Crippen molar-refractivity contribution in [1.82, 2.24) is 10.2 Å². The minimum Gasteiger partial charge on any atom is -0.313 e. The first-order chi connectivity index (χ1) is 7.84. The standard InChI is InChI=1S/C14H28N2/c1-13(12-16-10-3-2-4-11-16)15-9-8-14-6-5-7-14/h13-15H,2-12H2,1H3. The average Bonchev–Trinajstić information content (AvgIpc) is 2.23. The molecule has 1 unspecified atom stereocenters. The highest BCUT2D eigenvalue weighted by Crippen LogP contribution is 2.28. The van der Waals surface area contributed by atoms with Crippen molar-refractivity contribution in [3.8, 4) is 0 Å². The molecule has 1 saturated heterocycles. The van der Waals surface area contributed by atoms with Crippen molar-refractivity contribution in [2.24, 2.45) is 5.92 Å². The Balaban J connectivity index is 1.50. The summed E-state index contributed by atoms with van der Waals surface area (Å²) in [5.41, 5.74) is 0. The van der Waals surface area contributed by atoms with Crippen molar-refractivity contribution >= 4 is 0 Å². The first-order valence-electron chi connectivity index (χ1n) is 7.30. The number of hydrogen-bond donors (Lipinski definition) is 1. The van der Waals surface area contributed by atoms with E-state index in [1.165, 1.54) is 71.1 Å². The molecule has 0 aromatic rings. The number of nitrogens with zero attached hydrogens (tertiary/aromatic N) is 1. The molecule has 16 heavy (non-hydrogen) atoms. The fourth-order valence-electron chi connectivity index (χ4n) is 2.91. The van der Waals surface area contributed by atoms with Gasteiger partial charge in [-0.1, -0.05) is 25.7 Å². The monoisotopic (exact) mass is 224 g/mol. The van der Waals surface area contributed by atoms with Gasteiger partial charge in [-0.05, 0) is 51.7 Å². The largest absolute Gasteiger partial charge is 0.313 e. The molecule has 0 radical (unpaired) electrons. The Kier molecular flexibility index (Phi) is 5.11. The Hall–Kier alpha value is -0.0800. The maximum atomic E-state index is 3.69. The molecule has 2 heteroatoms. The van der Waals surface area contributed by atoms with E-state index in [0.29, 0.717) is 6.04 Å². The summed E-state index contributed by atoms with van der Waals surface area (Å²) in [4.78, 5) is 2.63. The van der Waals surface area contributed by atoms with Crippen LogP contribution in [0.5, 0.6) is 0 Å². The van der Waals surface area contributed by atoms with Crippen LogP contribution in [0.15, 0.2) is 0 Å². The van der Waals surface area contributed by atoms with Crippen LogP contribution in [0.4, 0.5) is 0 Å². The zero-order valence-electron chi connectivity index (χ0n) is 10.9. The maximum absolute atomic E-state index is 3.69. The second-order valence-electron chi connectivity index (χ2n) is 5.80. The molecule has 1 saturated carbocycles. The van der Waals surface area contributed by atoms with Gasteiger partial charge in [-0.3, -0.25) is 0 Å². The fourth-order valence-corrected chi connectivity index (χ4v) is 2.91. The van der Waals surface area contributed by atoms with Crippen LogP contribution in [0.3, 0.4) is 0 Å². The van der Waals surface area contributed by atoms with E-state index < -0.39 is 0 Å². The third kappa shape index (κ3) is 4.06. The van der Waals surface area contributed by atoms with Gasteiger partial charge in [-0.25, -0.2) is 0 Å². The van der Waals surface area contributed by atoms with Crippen molar-refractivity contribution in [1.29, 1.82) is 0 Å². The molecule has 1 heterocycles. The first kappa shape index (κ1) is 12.4. The lowest BCUT2D eigenvalue weighted by Crippen LogP contribution is -2.42. The second-order valence-corrected chi connectivity index (χ2v) is 5.80. The summed E-state index contributed by atoms with van der Waals surface area (Å²) >= 11 is 0. The van der Waals surface area contributed by atoms with Crippen LogP contribution in [0.25, 0.3) is 0 Å². The van der Waals surface area contributed by atoms with E-state index >= 15 is 0 Å². The normalized spacial score (nSPS) is 25.3. The molecule has 0 spiro atoms. The summed E-state index contributed by atoms with van der Waals surface area (Å²) in [5, 5.41) is 3.69. The Bertz CT molecular complexity index is 183. The van der Waals surface area contributed by atoms with Crippen molar-refractivity contribution in [3.05, 3.63) is 0 Å². The molecule has 2 fully saturated rings. The van der Waals surface area contributed by atoms with E-state index in [-0.39, 0.29) is 0 Å². The lowest BCUT2D eigenvalue weighted by atomic mass is 9.83. The number of hydrogen-bond acceptors (Lipinski definition) is 2. The molecule has 0 bridgehead atoms. The summed E-state index contributed by atoms with van der Waals surface area (Å²) < 4.78 is 0. The van der Waals surface area contributed by atoms with Gasteiger partial charge in [0.1, 0.15) is 0 Å². The molecular formula is C14H28N2. The summed E-state index contributed by atoms with van der Waals surface area (Å²) in [6, 6.07) is 0.679. The van der Waals surface area contributed by atoms with Gasteiger partial charge in [-0.2, -0.15) is 0 Å². The smallest absolute Gasteiger partial charge is 0.0166 e. The quantitative estimate of drug-likeness (QED) is 0.746. The Morgan fingerprint density at radius 2 is 1.88 bits per heavy atom. The molecule has 1 aliphatic carbocycles. The van der Waals surface area contributed by atoms with Crippen LogP contribution in [0, 0.1) is 5.92 Å². The molecule has 1 atom stereocenters. The highest BCUT2D eigenvalue weighted by atomic mass is 15.1. The SMILES string of the molecule is CC(CN1CCCCC1)NCCC1CCC1. The lowest BCUT2D eigenvalue weighted by molar-refractivity contribution is 0.206. The second kappa shape index (κ2) is 6.61. The summed E-state index contributed by atoms with van der Waals surface area (Å²) in [5.74, 6) is 1.05. The number of likely N-dealkylation sites (tertiary alicyclic amines) is 1. The van der Waals surface area contributed by atoms with Gasteiger partial charge in [0.05, 0.1) is 0 Å². The Labute approximate surface area is 101 Å². The van der Waals surface area contributed by atoms with E-state index in [1.807, 2.05) is 0 Å². The van der Waals surface area contributed by atoms with Gasteiger partial charge in [0, 0.05) is 12.6 Å². The Morgan fingerprint density at radius 3 is 2.50 bits per heavy atom. The number of rotatable bonds is 6. The van der Waals surface area contributed by atoms with Crippen LogP contribution < -0.4 is 5.32 Å². The van der Waals surface area contributed by atoms with Gasteiger partial charge in [0.25, 0.3) is 0 Å². The third-order valence-electron chi connectivity index (χ3n) is 4.25. The highest BCUT2D eigenvalue weighted by molar-refractivity contribution is 4.74.